The van der Waals surface area contributed by atoms with Crippen LogP contribution in [0.3, 0.4) is 0 Å². The topological polar surface area (TPSA) is 20.2 Å². The molecule has 0 aliphatic rings. The van der Waals surface area contributed by atoms with Crippen molar-refractivity contribution in [2.24, 2.45) is 0 Å². The molecular weight excluding hydrogens is 88.1 g/mol. The molecule has 0 aliphatic carbocycles. The lowest BCUT2D eigenvalue weighted by Gasteiger charge is -1.92. The standard InChI is InChI=1S/C6H12O/c1-3-6(4-2)5-7/h3,7H,4-5H2,1-2H3/b6-3+. The van der Waals surface area contributed by atoms with Gasteiger partial charge in [0.2, 0.25) is 0 Å². The minimum absolute atomic E-state index is 0.215. The van der Waals surface area contributed by atoms with Crippen LogP contribution in [0.4, 0.5) is 0 Å². The highest BCUT2D eigenvalue weighted by Gasteiger charge is 1.83. The molecule has 0 radical (unpaired) electrons. The number of rotatable bonds is 2. The van der Waals surface area contributed by atoms with Crippen molar-refractivity contribution in [3.8, 4) is 0 Å². The normalized spacial score (nSPS) is 12.1. The van der Waals surface area contributed by atoms with Gasteiger partial charge in [-0.3, -0.25) is 0 Å². The van der Waals surface area contributed by atoms with E-state index >= 15 is 0 Å². The molecular formula is C6H12O. The Kier molecular flexibility index (Phi) is 3.71. The molecule has 0 heterocycles. The lowest BCUT2D eigenvalue weighted by atomic mass is 10.2. The average Bonchev–Trinajstić information content (AvgIpc) is 1.72. The molecule has 7 heavy (non-hydrogen) atoms. The summed E-state index contributed by atoms with van der Waals surface area (Å²) in [6.45, 7) is 4.19. The van der Waals surface area contributed by atoms with Crippen LogP contribution in [0.1, 0.15) is 20.3 Å². The van der Waals surface area contributed by atoms with E-state index in [0.717, 1.165) is 12.0 Å². The fourth-order valence-corrected chi connectivity index (χ4v) is 0.407. The van der Waals surface area contributed by atoms with Gasteiger partial charge in [-0.1, -0.05) is 13.0 Å². The SMILES string of the molecule is C/C=C(\CC)CO. The van der Waals surface area contributed by atoms with E-state index in [1.165, 1.54) is 0 Å². The molecule has 42 valence electrons. The maximum Gasteiger partial charge on any atom is 0.0641 e. The molecule has 1 heteroatoms. The molecule has 0 atom stereocenters. The first-order chi connectivity index (χ1) is 3.35. The molecule has 0 bridgehead atoms. The van der Waals surface area contributed by atoms with Gasteiger partial charge in [-0.25, -0.2) is 0 Å². The molecule has 0 rings (SSSR count). The van der Waals surface area contributed by atoms with Gasteiger partial charge in [0.15, 0.2) is 0 Å². The van der Waals surface area contributed by atoms with E-state index in [-0.39, 0.29) is 6.61 Å². The third kappa shape index (κ3) is 2.40. The van der Waals surface area contributed by atoms with Gasteiger partial charge in [0.25, 0.3) is 0 Å². The second-order valence-corrected chi connectivity index (χ2v) is 1.46. The Morgan fingerprint density at radius 3 is 2.29 bits per heavy atom. The molecule has 0 aromatic carbocycles. The summed E-state index contributed by atoms with van der Waals surface area (Å²) in [5.41, 5.74) is 1.11. The van der Waals surface area contributed by atoms with Crippen LogP contribution in [0, 0.1) is 0 Å². The third-order valence-electron chi connectivity index (χ3n) is 1.07. The molecule has 0 aromatic rings. The molecule has 0 amide bonds. The van der Waals surface area contributed by atoms with Crippen LogP contribution in [0.25, 0.3) is 0 Å². The first-order valence-corrected chi connectivity index (χ1v) is 2.60. The summed E-state index contributed by atoms with van der Waals surface area (Å²) in [4.78, 5) is 0. The predicted molar refractivity (Wildman–Crippen MR) is 31.1 cm³/mol. The predicted octanol–water partition coefficient (Wildman–Crippen LogP) is 1.33. The smallest absolute Gasteiger partial charge is 0.0641 e. The van der Waals surface area contributed by atoms with Gasteiger partial charge < -0.3 is 5.11 Å². The number of hydrogen-bond acceptors (Lipinski definition) is 1. The highest BCUT2D eigenvalue weighted by atomic mass is 16.3. The van der Waals surface area contributed by atoms with Crippen LogP contribution in [0.2, 0.25) is 0 Å². The van der Waals surface area contributed by atoms with Crippen LogP contribution in [0.5, 0.6) is 0 Å². The number of hydrogen-bond donors (Lipinski definition) is 1. The minimum Gasteiger partial charge on any atom is -0.392 e. The second-order valence-electron chi connectivity index (χ2n) is 1.46. The lowest BCUT2D eigenvalue weighted by molar-refractivity contribution is 0.327. The Labute approximate surface area is 44.7 Å². The van der Waals surface area contributed by atoms with E-state index < -0.39 is 0 Å². The summed E-state index contributed by atoms with van der Waals surface area (Å²) in [7, 11) is 0. The summed E-state index contributed by atoms with van der Waals surface area (Å²) in [5.74, 6) is 0. The fourth-order valence-electron chi connectivity index (χ4n) is 0.407. The first kappa shape index (κ1) is 6.70. The quantitative estimate of drug-likeness (QED) is 0.519. The summed E-state index contributed by atoms with van der Waals surface area (Å²) >= 11 is 0. The van der Waals surface area contributed by atoms with Crippen molar-refractivity contribution < 1.29 is 5.11 Å². The molecule has 1 nitrogen and oxygen atoms in total. The van der Waals surface area contributed by atoms with Gasteiger partial charge in [0, 0.05) is 0 Å². The van der Waals surface area contributed by atoms with E-state index in [4.69, 9.17) is 5.11 Å². The molecule has 0 aliphatic heterocycles. The van der Waals surface area contributed by atoms with Crippen molar-refractivity contribution >= 4 is 0 Å². The largest absolute Gasteiger partial charge is 0.392 e. The Bertz CT molecular complexity index is 58.6. The Balaban J connectivity index is 3.38. The monoisotopic (exact) mass is 100 g/mol. The van der Waals surface area contributed by atoms with E-state index in [2.05, 4.69) is 0 Å². The van der Waals surface area contributed by atoms with Gasteiger partial charge in [0.05, 0.1) is 6.61 Å². The van der Waals surface area contributed by atoms with Crippen molar-refractivity contribution in [1.82, 2.24) is 0 Å². The van der Waals surface area contributed by atoms with E-state index in [0.29, 0.717) is 0 Å². The molecule has 0 spiro atoms. The van der Waals surface area contributed by atoms with Crippen LogP contribution in [-0.4, -0.2) is 11.7 Å². The zero-order valence-corrected chi connectivity index (χ0v) is 4.94. The zero-order valence-electron chi connectivity index (χ0n) is 4.94. The molecule has 1 N–H and O–H groups in total. The molecule has 0 saturated heterocycles. The fraction of sp³-hybridized carbons (Fsp3) is 0.667. The van der Waals surface area contributed by atoms with Crippen molar-refractivity contribution in [3.63, 3.8) is 0 Å². The van der Waals surface area contributed by atoms with Gasteiger partial charge in [-0.15, -0.1) is 0 Å². The Morgan fingerprint density at radius 1 is 1.71 bits per heavy atom. The van der Waals surface area contributed by atoms with Crippen LogP contribution < -0.4 is 0 Å². The molecule has 0 unspecified atom stereocenters. The van der Waals surface area contributed by atoms with E-state index in [1.54, 1.807) is 0 Å². The summed E-state index contributed by atoms with van der Waals surface area (Å²) < 4.78 is 0. The number of aliphatic hydroxyl groups is 1. The van der Waals surface area contributed by atoms with Crippen LogP contribution in [0.15, 0.2) is 11.6 Å². The van der Waals surface area contributed by atoms with E-state index in [9.17, 15) is 0 Å². The van der Waals surface area contributed by atoms with Crippen molar-refractivity contribution in [3.05, 3.63) is 11.6 Å². The Morgan fingerprint density at radius 2 is 2.29 bits per heavy atom. The summed E-state index contributed by atoms with van der Waals surface area (Å²) in [6, 6.07) is 0. The van der Waals surface area contributed by atoms with Gasteiger partial charge in [-0.05, 0) is 18.9 Å². The number of allylic oxidation sites excluding steroid dienone is 1. The highest BCUT2D eigenvalue weighted by molar-refractivity contribution is 4.98. The Hall–Kier alpha value is -0.300. The third-order valence-corrected chi connectivity index (χ3v) is 1.07. The second kappa shape index (κ2) is 3.88. The van der Waals surface area contributed by atoms with Crippen LogP contribution in [-0.2, 0) is 0 Å². The highest BCUT2D eigenvalue weighted by Crippen LogP contribution is 1.95. The van der Waals surface area contributed by atoms with Gasteiger partial charge in [-0.2, -0.15) is 0 Å². The van der Waals surface area contributed by atoms with Crippen molar-refractivity contribution in [2.75, 3.05) is 6.61 Å². The van der Waals surface area contributed by atoms with Gasteiger partial charge >= 0.3 is 0 Å². The molecule has 0 saturated carbocycles. The average molecular weight is 100 g/mol. The first-order valence-electron chi connectivity index (χ1n) is 2.60. The summed E-state index contributed by atoms with van der Waals surface area (Å²) in [6.07, 6.45) is 2.91. The van der Waals surface area contributed by atoms with Crippen molar-refractivity contribution in [1.29, 1.82) is 0 Å². The maximum atomic E-state index is 8.46. The van der Waals surface area contributed by atoms with Gasteiger partial charge in [0.1, 0.15) is 0 Å². The molecule has 0 fully saturated rings. The lowest BCUT2D eigenvalue weighted by Crippen LogP contribution is -1.85. The minimum atomic E-state index is 0.215. The number of aliphatic hydroxyl groups excluding tert-OH is 1. The zero-order chi connectivity index (χ0) is 5.70. The van der Waals surface area contributed by atoms with Crippen LogP contribution >= 0.6 is 0 Å². The van der Waals surface area contributed by atoms with Crippen molar-refractivity contribution in [2.45, 2.75) is 20.3 Å². The maximum absolute atomic E-state index is 8.46. The summed E-state index contributed by atoms with van der Waals surface area (Å²) in [5, 5.41) is 8.46. The molecule has 0 aromatic heterocycles. The van der Waals surface area contributed by atoms with E-state index in [1.807, 2.05) is 19.9 Å².